The molecule has 0 bridgehead atoms. The second-order valence-electron chi connectivity index (χ2n) is 9.98. The first-order valence-corrected chi connectivity index (χ1v) is 12.9. The van der Waals surface area contributed by atoms with Gasteiger partial charge in [-0.05, 0) is 49.1 Å². The van der Waals surface area contributed by atoms with Gasteiger partial charge in [0.2, 0.25) is 11.8 Å². The van der Waals surface area contributed by atoms with Gasteiger partial charge >= 0.3 is 0 Å². The average Bonchev–Trinajstić information content (AvgIpc) is 3.29. The molecule has 2 saturated heterocycles. The molecule has 8 nitrogen and oxygen atoms in total. The first-order chi connectivity index (χ1) is 17.4. The Morgan fingerprint density at radius 1 is 1.06 bits per heavy atom. The smallest absolute Gasteiger partial charge is 0.254 e. The van der Waals surface area contributed by atoms with Gasteiger partial charge < -0.3 is 25.3 Å². The molecule has 0 spiro atoms. The molecule has 8 heteroatoms. The van der Waals surface area contributed by atoms with Crippen molar-refractivity contribution in [3.05, 3.63) is 59.2 Å². The number of nitrogens with two attached hydrogens (primary N) is 1. The fourth-order valence-corrected chi connectivity index (χ4v) is 5.68. The second kappa shape index (κ2) is 10.2. The minimum atomic E-state index is -0.674. The van der Waals surface area contributed by atoms with Crippen LogP contribution in [0.4, 0.5) is 11.4 Å². The van der Waals surface area contributed by atoms with Crippen LogP contribution < -0.4 is 15.5 Å². The van der Waals surface area contributed by atoms with E-state index in [-0.39, 0.29) is 11.8 Å². The zero-order valence-corrected chi connectivity index (χ0v) is 20.9. The van der Waals surface area contributed by atoms with Crippen molar-refractivity contribution in [2.45, 2.75) is 38.6 Å². The lowest BCUT2D eigenvalue weighted by molar-refractivity contribution is -0.128. The molecule has 3 aliphatic rings. The van der Waals surface area contributed by atoms with Gasteiger partial charge in [0.1, 0.15) is 6.04 Å². The average molecular weight is 489 g/mol. The van der Waals surface area contributed by atoms with Crippen LogP contribution in [0.2, 0.25) is 0 Å². The van der Waals surface area contributed by atoms with Crippen LogP contribution in [0.15, 0.2) is 36.4 Å². The standard InChI is InChI=1S/C28H34N5O3/c1-20-6-2-3-7-24(20)31-16-14-30(15-17-31)22-9-10-23-21(18-22)19-25(27(29)35)33(28(23)36)13-5-12-32-11-4-8-26(32)34/h2-3,6-7,10,18,25H,4-5,8,11-17,19H2,1H3,(H2,29,35). The number of benzene rings is 2. The lowest BCUT2D eigenvalue weighted by atomic mass is 9.92. The number of carbonyl (C=O) groups excluding carboxylic acids is 3. The number of hydrogen-bond acceptors (Lipinski definition) is 5. The van der Waals surface area contributed by atoms with E-state index in [0.29, 0.717) is 37.9 Å². The van der Waals surface area contributed by atoms with Crippen molar-refractivity contribution in [1.82, 2.24) is 9.80 Å². The van der Waals surface area contributed by atoms with Crippen molar-refractivity contribution in [3.8, 4) is 0 Å². The first-order valence-electron chi connectivity index (χ1n) is 12.9. The minimum Gasteiger partial charge on any atom is -0.368 e. The van der Waals surface area contributed by atoms with Crippen LogP contribution in [-0.4, -0.2) is 79.4 Å². The molecule has 2 aromatic carbocycles. The molecule has 1 unspecified atom stereocenters. The SMILES string of the molecule is Cc1ccccc1N1CCN(c2[c]cc3c(c2)CC(C(N)=O)N(CCCN2CCCC2=O)C3=O)CC1. The van der Waals surface area contributed by atoms with Crippen LogP contribution in [0.3, 0.4) is 0 Å². The number of rotatable bonds is 7. The van der Waals surface area contributed by atoms with Gasteiger partial charge in [-0.15, -0.1) is 0 Å². The lowest BCUT2D eigenvalue weighted by Gasteiger charge is -2.39. The molecule has 1 atom stereocenters. The van der Waals surface area contributed by atoms with E-state index < -0.39 is 11.9 Å². The molecule has 3 aliphatic heterocycles. The summed E-state index contributed by atoms with van der Waals surface area (Å²) in [6.07, 6.45) is 2.52. The van der Waals surface area contributed by atoms with Crippen LogP contribution in [0.5, 0.6) is 0 Å². The van der Waals surface area contributed by atoms with Gasteiger partial charge in [-0.3, -0.25) is 14.4 Å². The van der Waals surface area contributed by atoms with Crippen molar-refractivity contribution < 1.29 is 14.4 Å². The zero-order chi connectivity index (χ0) is 25.2. The van der Waals surface area contributed by atoms with Gasteiger partial charge in [0.15, 0.2) is 0 Å². The van der Waals surface area contributed by atoms with Gasteiger partial charge in [-0.1, -0.05) is 18.2 Å². The van der Waals surface area contributed by atoms with Gasteiger partial charge in [0.25, 0.3) is 5.91 Å². The van der Waals surface area contributed by atoms with E-state index in [1.54, 1.807) is 11.0 Å². The van der Waals surface area contributed by atoms with Crippen LogP contribution in [0, 0.1) is 13.0 Å². The van der Waals surface area contributed by atoms with Gasteiger partial charge in [0, 0.05) is 81.7 Å². The molecule has 0 aromatic heterocycles. The number of fused-ring (bicyclic) bond motifs is 1. The summed E-state index contributed by atoms with van der Waals surface area (Å²) in [5.74, 6) is -0.508. The number of primary amides is 1. The Bertz CT molecular complexity index is 1160. The third-order valence-electron chi connectivity index (χ3n) is 7.71. The Labute approximate surface area is 212 Å². The largest absolute Gasteiger partial charge is 0.368 e. The molecule has 3 amide bonds. The van der Waals surface area contributed by atoms with Crippen molar-refractivity contribution in [2.75, 3.05) is 55.6 Å². The van der Waals surface area contributed by atoms with E-state index in [4.69, 9.17) is 5.73 Å². The van der Waals surface area contributed by atoms with Crippen molar-refractivity contribution in [2.24, 2.45) is 5.73 Å². The minimum absolute atomic E-state index is 0.165. The van der Waals surface area contributed by atoms with Gasteiger partial charge in [-0.25, -0.2) is 0 Å². The number of likely N-dealkylation sites (tertiary alicyclic amines) is 1. The number of nitrogens with zero attached hydrogens (tertiary/aromatic N) is 4. The van der Waals surface area contributed by atoms with E-state index in [9.17, 15) is 14.4 Å². The summed E-state index contributed by atoms with van der Waals surface area (Å²) < 4.78 is 0. The topological polar surface area (TPSA) is 90.2 Å². The third kappa shape index (κ3) is 4.76. The molecular weight excluding hydrogens is 454 g/mol. The quantitative estimate of drug-likeness (QED) is 0.644. The predicted octanol–water partition coefficient (Wildman–Crippen LogP) is 1.99. The molecule has 189 valence electrons. The number of hydrogen-bond donors (Lipinski definition) is 1. The Kier molecular flexibility index (Phi) is 6.85. The van der Waals surface area contributed by atoms with Gasteiger partial charge in [0.05, 0.1) is 0 Å². The zero-order valence-electron chi connectivity index (χ0n) is 20.9. The Morgan fingerprint density at radius 3 is 2.50 bits per heavy atom. The van der Waals surface area contributed by atoms with Gasteiger partial charge in [-0.2, -0.15) is 0 Å². The number of carbonyl (C=O) groups is 3. The molecule has 5 rings (SSSR count). The molecule has 1 radical (unpaired) electrons. The number of para-hydroxylation sites is 1. The Hall–Kier alpha value is -3.55. The maximum absolute atomic E-state index is 13.3. The highest BCUT2D eigenvalue weighted by Gasteiger charge is 2.36. The number of aryl methyl sites for hydroxylation is 1. The van der Waals surface area contributed by atoms with Crippen LogP contribution >= 0.6 is 0 Å². The lowest BCUT2D eigenvalue weighted by Crippen LogP contribution is -2.53. The fraction of sp³-hybridized carbons (Fsp3) is 0.464. The Balaban J connectivity index is 1.26. The van der Waals surface area contributed by atoms with E-state index in [1.807, 2.05) is 11.0 Å². The molecule has 36 heavy (non-hydrogen) atoms. The third-order valence-corrected chi connectivity index (χ3v) is 7.71. The molecular formula is C28H34N5O3. The molecule has 3 heterocycles. The maximum atomic E-state index is 13.3. The summed E-state index contributed by atoms with van der Waals surface area (Å²) in [5, 5.41) is 0. The van der Waals surface area contributed by atoms with Crippen molar-refractivity contribution in [3.63, 3.8) is 0 Å². The van der Waals surface area contributed by atoms with E-state index in [0.717, 1.165) is 50.4 Å². The molecule has 2 aromatic rings. The number of piperazine rings is 1. The normalized spacial score (nSPS) is 20.2. The molecule has 0 aliphatic carbocycles. The molecule has 0 saturated carbocycles. The summed E-state index contributed by atoms with van der Waals surface area (Å²) in [6, 6.07) is 14.9. The first kappa shape index (κ1) is 24.2. The number of anilines is 2. The van der Waals surface area contributed by atoms with Crippen LogP contribution in [0.25, 0.3) is 0 Å². The monoisotopic (exact) mass is 488 g/mol. The van der Waals surface area contributed by atoms with E-state index in [2.05, 4.69) is 47.1 Å². The second-order valence-corrected chi connectivity index (χ2v) is 9.98. The highest BCUT2D eigenvalue weighted by atomic mass is 16.2. The predicted molar refractivity (Wildman–Crippen MR) is 139 cm³/mol. The molecule has 2 N–H and O–H groups in total. The Morgan fingerprint density at radius 2 is 1.81 bits per heavy atom. The van der Waals surface area contributed by atoms with E-state index >= 15 is 0 Å². The molecule has 2 fully saturated rings. The van der Waals surface area contributed by atoms with E-state index in [1.165, 1.54) is 11.3 Å². The summed E-state index contributed by atoms with van der Waals surface area (Å²) >= 11 is 0. The van der Waals surface area contributed by atoms with Crippen molar-refractivity contribution in [1.29, 1.82) is 0 Å². The highest BCUT2D eigenvalue weighted by molar-refractivity contribution is 6.01. The summed E-state index contributed by atoms with van der Waals surface area (Å²) in [4.78, 5) is 45.7. The number of amides is 3. The van der Waals surface area contributed by atoms with Crippen LogP contribution in [-0.2, 0) is 16.0 Å². The van der Waals surface area contributed by atoms with Crippen LogP contribution in [0.1, 0.15) is 40.7 Å². The summed E-state index contributed by atoms with van der Waals surface area (Å²) in [6.45, 7) is 7.44. The van der Waals surface area contributed by atoms with Crippen molar-refractivity contribution >= 4 is 29.1 Å². The maximum Gasteiger partial charge on any atom is 0.254 e. The summed E-state index contributed by atoms with van der Waals surface area (Å²) in [5.41, 5.74) is 10.7. The highest BCUT2D eigenvalue weighted by Crippen LogP contribution is 2.29. The fourth-order valence-electron chi connectivity index (χ4n) is 5.68. The summed E-state index contributed by atoms with van der Waals surface area (Å²) in [7, 11) is 0.